The van der Waals surface area contributed by atoms with Crippen molar-refractivity contribution >= 4 is 21.7 Å². The van der Waals surface area contributed by atoms with E-state index in [1.807, 2.05) is 10.9 Å². The number of aromatic nitrogens is 2. The standard InChI is InChI=1S/C7H10BrN3/c1-5-2-3-9-7-6(8)4-10-11(5)7/h4-5,9H,2-3H2,1H3. The van der Waals surface area contributed by atoms with Crippen LogP contribution in [0.1, 0.15) is 19.4 Å². The molecule has 11 heavy (non-hydrogen) atoms. The van der Waals surface area contributed by atoms with Crippen LogP contribution in [0.4, 0.5) is 5.82 Å². The lowest BCUT2D eigenvalue weighted by Crippen LogP contribution is -2.21. The highest BCUT2D eigenvalue weighted by molar-refractivity contribution is 9.10. The van der Waals surface area contributed by atoms with Crippen molar-refractivity contribution in [2.75, 3.05) is 11.9 Å². The van der Waals surface area contributed by atoms with Crippen LogP contribution in [-0.4, -0.2) is 16.3 Å². The van der Waals surface area contributed by atoms with Gasteiger partial charge in [0.2, 0.25) is 0 Å². The summed E-state index contributed by atoms with van der Waals surface area (Å²) in [6, 6.07) is 0.526. The lowest BCUT2D eigenvalue weighted by molar-refractivity contribution is 0.453. The molecule has 0 aliphatic carbocycles. The van der Waals surface area contributed by atoms with Crippen molar-refractivity contribution in [3.8, 4) is 0 Å². The predicted octanol–water partition coefficient (Wildman–Crippen LogP) is 2.02. The minimum atomic E-state index is 0.526. The number of hydrogen-bond acceptors (Lipinski definition) is 2. The van der Waals surface area contributed by atoms with Gasteiger partial charge in [-0.15, -0.1) is 0 Å². The molecule has 0 saturated heterocycles. The fourth-order valence-electron chi connectivity index (χ4n) is 1.36. The molecular weight excluding hydrogens is 206 g/mol. The Bertz CT molecular complexity index is 269. The van der Waals surface area contributed by atoms with Crippen LogP contribution in [0, 0.1) is 0 Å². The summed E-state index contributed by atoms with van der Waals surface area (Å²) in [5.74, 6) is 1.11. The minimum Gasteiger partial charge on any atom is -0.369 e. The molecule has 0 spiro atoms. The van der Waals surface area contributed by atoms with Gasteiger partial charge in [0, 0.05) is 6.54 Å². The molecule has 1 aromatic rings. The van der Waals surface area contributed by atoms with E-state index in [4.69, 9.17) is 0 Å². The number of rotatable bonds is 0. The van der Waals surface area contributed by atoms with E-state index in [1.165, 1.54) is 0 Å². The van der Waals surface area contributed by atoms with Crippen LogP contribution in [0.25, 0.3) is 0 Å². The van der Waals surface area contributed by atoms with Gasteiger partial charge in [-0.05, 0) is 29.3 Å². The molecular formula is C7H10BrN3. The quantitative estimate of drug-likeness (QED) is 0.718. The zero-order valence-corrected chi connectivity index (χ0v) is 7.93. The van der Waals surface area contributed by atoms with Gasteiger partial charge in [0.25, 0.3) is 0 Å². The normalized spacial score (nSPS) is 22.5. The van der Waals surface area contributed by atoms with Crippen molar-refractivity contribution in [1.29, 1.82) is 0 Å². The molecule has 0 amide bonds. The first kappa shape index (κ1) is 7.16. The molecule has 0 radical (unpaired) electrons. The van der Waals surface area contributed by atoms with E-state index in [9.17, 15) is 0 Å². The molecule has 1 unspecified atom stereocenters. The summed E-state index contributed by atoms with van der Waals surface area (Å²) in [5, 5.41) is 7.54. The SMILES string of the molecule is CC1CCNc2c(Br)cnn21. The molecule has 0 aromatic carbocycles. The van der Waals surface area contributed by atoms with Gasteiger partial charge < -0.3 is 5.32 Å². The first-order valence-corrected chi connectivity index (χ1v) is 4.55. The topological polar surface area (TPSA) is 29.9 Å². The van der Waals surface area contributed by atoms with Gasteiger partial charge >= 0.3 is 0 Å². The average molecular weight is 216 g/mol. The van der Waals surface area contributed by atoms with E-state index in [2.05, 4.69) is 33.3 Å². The average Bonchev–Trinajstić information content (AvgIpc) is 2.35. The van der Waals surface area contributed by atoms with Crippen molar-refractivity contribution in [3.63, 3.8) is 0 Å². The van der Waals surface area contributed by atoms with Crippen LogP contribution in [0.2, 0.25) is 0 Å². The first-order chi connectivity index (χ1) is 5.29. The second-order valence-electron chi connectivity index (χ2n) is 2.85. The van der Waals surface area contributed by atoms with E-state index in [1.54, 1.807) is 0 Å². The number of nitrogens with one attached hydrogen (secondary N) is 1. The third-order valence-electron chi connectivity index (χ3n) is 2.02. The van der Waals surface area contributed by atoms with Crippen LogP contribution in [0.3, 0.4) is 0 Å². The highest BCUT2D eigenvalue weighted by atomic mass is 79.9. The van der Waals surface area contributed by atoms with Gasteiger partial charge in [0.1, 0.15) is 5.82 Å². The molecule has 0 saturated carbocycles. The molecule has 1 N–H and O–H groups in total. The lowest BCUT2D eigenvalue weighted by atomic mass is 10.2. The molecule has 1 aliphatic heterocycles. The van der Waals surface area contributed by atoms with Crippen LogP contribution < -0.4 is 5.32 Å². The van der Waals surface area contributed by atoms with E-state index in [-0.39, 0.29) is 0 Å². The largest absolute Gasteiger partial charge is 0.369 e. The minimum absolute atomic E-state index is 0.526. The molecule has 1 aromatic heterocycles. The Kier molecular flexibility index (Phi) is 1.64. The zero-order chi connectivity index (χ0) is 7.84. The molecule has 1 atom stereocenters. The van der Waals surface area contributed by atoms with E-state index in [0.29, 0.717) is 6.04 Å². The Labute approximate surface area is 73.9 Å². The Balaban J connectivity index is 2.46. The van der Waals surface area contributed by atoms with Crippen LogP contribution in [-0.2, 0) is 0 Å². The number of halogens is 1. The van der Waals surface area contributed by atoms with Gasteiger partial charge in [-0.25, -0.2) is 4.68 Å². The van der Waals surface area contributed by atoms with Gasteiger partial charge in [-0.1, -0.05) is 0 Å². The van der Waals surface area contributed by atoms with Gasteiger partial charge in [-0.3, -0.25) is 0 Å². The van der Waals surface area contributed by atoms with Crippen molar-refractivity contribution in [3.05, 3.63) is 10.7 Å². The Morgan fingerprint density at radius 1 is 1.82 bits per heavy atom. The summed E-state index contributed by atoms with van der Waals surface area (Å²) in [6.07, 6.45) is 2.99. The second kappa shape index (κ2) is 2.52. The van der Waals surface area contributed by atoms with Crippen molar-refractivity contribution in [2.45, 2.75) is 19.4 Å². The molecule has 0 fully saturated rings. The van der Waals surface area contributed by atoms with Gasteiger partial charge in [0.15, 0.2) is 0 Å². The Morgan fingerprint density at radius 3 is 3.36 bits per heavy atom. The number of nitrogens with zero attached hydrogens (tertiary/aromatic N) is 2. The van der Waals surface area contributed by atoms with Crippen LogP contribution >= 0.6 is 15.9 Å². The molecule has 4 heteroatoms. The van der Waals surface area contributed by atoms with E-state index < -0.39 is 0 Å². The van der Waals surface area contributed by atoms with Gasteiger partial charge in [0.05, 0.1) is 16.7 Å². The summed E-state index contributed by atoms with van der Waals surface area (Å²) in [6.45, 7) is 3.23. The van der Waals surface area contributed by atoms with Crippen molar-refractivity contribution in [1.82, 2.24) is 9.78 Å². The monoisotopic (exact) mass is 215 g/mol. The smallest absolute Gasteiger partial charge is 0.138 e. The van der Waals surface area contributed by atoms with E-state index >= 15 is 0 Å². The highest BCUT2D eigenvalue weighted by Gasteiger charge is 2.17. The third-order valence-corrected chi connectivity index (χ3v) is 2.60. The molecule has 2 rings (SSSR count). The first-order valence-electron chi connectivity index (χ1n) is 3.76. The molecule has 0 bridgehead atoms. The summed E-state index contributed by atoms with van der Waals surface area (Å²) >= 11 is 3.43. The summed E-state index contributed by atoms with van der Waals surface area (Å²) < 4.78 is 3.08. The van der Waals surface area contributed by atoms with Crippen molar-refractivity contribution < 1.29 is 0 Å². The van der Waals surface area contributed by atoms with Crippen LogP contribution in [0.15, 0.2) is 10.7 Å². The fraction of sp³-hybridized carbons (Fsp3) is 0.571. The van der Waals surface area contributed by atoms with Crippen molar-refractivity contribution in [2.24, 2.45) is 0 Å². The maximum atomic E-state index is 4.24. The third kappa shape index (κ3) is 1.05. The molecule has 60 valence electrons. The Hall–Kier alpha value is -0.510. The van der Waals surface area contributed by atoms with Crippen LogP contribution in [0.5, 0.6) is 0 Å². The number of hydrogen-bond donors (Lipinski definition) is 1. The summed E-state index contributed by atoms with van der Waals surface area (Å²) in [7, 11) is 0. The Morgan fingerprint density at radius 2 is 2.64 bits per heavy atom. The van der Waals surface area contributed by atoms with E-state index in [0.717, 1.165) is 23.3 Å². The predicted molar refractivity (Wildman–Crippen MR) is 47.7 cm³/mol. The molecule has 2 heterocycles. The summed E-state index contributed by atoms with van der Waals surface area (Å²) in [5.41, 5.74) is 0. The summed E-state index contributed by atoms with van der Waals surface area (Å²) in [4.78, 5) is 0. The van der Waals surface area contributed by atoms with Gasteiger partial charge in [-0.2, -0.15) is 5.10 Å². The molecule has 3 nitrogen and oxygen atoms in total. The maximum Gasteiger partial charge on any atom is 0.138 e. The number of anilines is 1. The zero-order valence-electron chi connectivity index (χ0n) is 6.34. The maximum absolute atomic E-state index is 4.24. The highest BCUT2D eigenvalue weighted by Crippen LogP contribution is 2.29. The lowest BCUT2D eigenvalue weighted by Gasteiger charge is -2.22. The second-order valence-corrected chi connectivity index (χ2v) is 3.70. The number of fused-ring (bicyclic) bond motifs is 1. The fourth-order valence-corrected chi connectivity index (χ4v) is 1.78. The molecule has 1 aliphatic rings.